The first-order valence-corrected chi connectivity index (χ1v) is 7.51. The van der Waals surface area contributed by atoms with E-state index in [1.165, 1.54) is 16.7 Å². The first-order valence-electron chi connectivity index (χ1n) is 7.51. The monoisotopic (exact) mass is 286 g/mol. The molecule has 1 atom stereocenters. The molecule has 0 aliphatic rings. The van der Waals surface area contributed by atoms with E-state index in [9.17, 15) is 0 Å². The number of aromatic nitrogens is 2. The largest absolute Gasteiger partial charge is 0.329 e. The Morgan fingerprint density at radius 1 is 1.24 bits per heavy atom. The lowest BCUT2D eigenvalue weighted by molar-refractivity contribution is 0.241. The lowest BCUT2D eigenvalue weighted by Crippen LogP contribution is -2.30. The van der Waals surface area contributed by atoms with Gasteiger partial charge in [0.05, 0.1) is 12.2 Å². The summed E-state index contributed by atoms with van der Waals surface area (Å²) < 4.78 is 1.98. The van der Waals surface area contributed by atoms with Crippen LogP contribution in [0.5, 0.6) is 0 Å². The van der Waals surface area contributed by atoms with Crippen LogP contribution < -0.4 is 5.73 Å². The van der Waals surface area contributed by atoms with Crippen LogP contribution in [0.1, 0.15) is 42.6 Å². The molecule has 114 valence electrons. The Morgan fingerprint density at radius 3 is 2.43 bits per heavy atom. The third-order valence-electron chi connectivity index (χ3n) is 3.84. The summed E-state index contributed by atoms with van der Waals surface area (Å²) in [5, 5.41) is 4.42. The standard InChI is InChI=1S/C17H26N4/c1-13(2)21-12-16(10-19-21)17(9-18)20(4)11-15-7-5-14(3)6-8-15/h5-8,10,12-13,17H,9,11,18H2,1-4H3. The molecule has 4 nitrogen and oxygen atoms in total. The van der Waals surface area contributed by atoms with Gasteiger partial charge in [-0.2, -0.15) is 5.10 Å². The highest BCUT2D eigenvalue weighted by molar-refractivity contribution is 5.21. The molecule has 1 aromatic heterocycles. The van der Waals surface area contributed by atoms with Crippen LogP contribution in [-0.2, 0) is 6.54 Å². The van der Waals surface area contributed by atoms with Crippen molar-refractivity contribution in [3.05, 3.63) is 53.3 Å². The minimum absolute atomic E-state index is 0.193. The highest BCUT2D eigenvalue weighted by Crippen LogP contribution is 2.21. The van der Waals surface area contributed by atoms with Gasteiger partial charge in [-0.3, -0.25) is 9.58 Å². The van der Waals surface area contributed by atoms with E-state index >= 15 is 0 Å². The summed E-state index contributed by atoms with van der Waals surface area (Å²) in [6.07, 6.45) is 4.04. The second-order valence-corrected chi connectivity index (χ2v) is 6.00. The molecule has 1 heterocycles. The molecule has 0 aliphatic heterocycles. The average Bonchev–Trinajstić information content (AvgIpc) is 2.92. The lowest BCUT2D eigenvalue weighted by Gasteiger charge is -2.26. The van der Waals surface area contributed by atoms with E-state index in [1.54, 1.807) is 0 Å². The molecule has 2 rings (SSSR count). The number of hydrogen-bond donors (Lipinski definition) is 1. The first-order chi connectivity index (χ1) is 10.0. The SMILES string of the molecule is Cc1ccc(CN(C)C(CN)c2cnn(C(C)C)c2)cc1. The highest BCUT2D eigenvalue weighted by atomic mass is 15.3. The van der Waals surface area contributed by atoms with E-state index in [0.717, 1.165) is 6.54 Å². The van der Waals surface area contributed by atoms with Crippen molar-refractivity contribution in [2.75, 3.05) is 13.6 Å². The van der Waals surface area contributed by atoms with Gasteiger partial charge in [-0.25, -0.2) is 0 Å². The molecule has 0 saturated carbocycles. The minimum atomic E-state index is 0.193. The second-order valence-electron chi connectivity index (χ2n) is 6.00. The lowest BCUT2D eigenvalue weighted by atomic mass is 10.1. The van der Waals surface area contributed by atoms with E-state index in [2.05, 4.69) is 68.3 Å². The Balaban J connectivity index is 2.10. The van der Waals surface area contributed by atoms with Gasteiger partial charge in [0, 0.05) is 30.9 Å². The molecule has 2 N–H and O–H groups in total. The molecule has 0 bridgehead atoms. The van der Waals surface area contributed by atoms with Crippen molar-refractivity contribution in [2.45, 2.75) is 39.4 Å². The molecule has 1 unspecified atom stereocenters. The van der Waals surface area contributed by atoms with E-state index < -0.39 is 0 Å². The van der Waals surface area contributed by atoms with Gasteiger partial charge in [0.15, 0.2) is 0 Å². The van der Waals surface area contributed by atoms with Gasteiger partial charge in [-0.1, -0.05) is 29.8 Å². The zero-order valence-corrected chi connectivity index (χ0v) is 13.5. The molecule has 0 fully saturated rings. The van der Waals surface area contributed by atoms with Gasteiger partial charge in [-0.05, 0) is 33.4 Å². The summed E-state index contributed by atoms with van der Waals surface area (Å²) >= 11 is 0. The van der Waals surface area contributed by atoms with Crippen LogP contribution in [0.4, 0.5) is 0 Å². The van der Waals surface area contributed by atoms with Crippen LogP contribution in [0.2, 0.25) is 0 Å². The van der Waals surface area contributed by atoms with E-state index in [1.807, 2.05) is 10.9 Å². The number of rotatable bonds is 6. The maximum atomic E-state index is 5.99. The topological polar surface area (TPSA) is 47.1 Å². The van der Waals surface area contributed by atoms with Crippen LogP contribution in [0, 0.1) is 6.92 Å². The fourth-order valence-corrected chi connectivity index (χ4v) is 2.47. The van der Waals surface area contributed by atoms with Gasteiger partial charge >= 0.3 is 0 Å². The quantitative estimate of drug-likeness (QED) is 0.888. The van der Waals surface area contributed by atoms with Crippen molar-refractivity contribution < 1.29 is 0 Å². The molecule has 0 saturated heterocycles. The number of benzene rings is 1. The van der Waals surface area contributed by atoms with Crippen molar-refractivity contribution >= 4 is 0 Å². The van der Waals surface area contributed by atoms with Crippen LogP contribution in [0.15, 0.2) is 36.7 Å². The average molecular weight is 286 g/mol. The van der Waals surface area contributed by atoms with Crippen LogP contribution in [0.3, 0.4) is 0 Å². The fraction of sp³-hybridized carbons (Fsp3) is 0.471. The van der Waals surface area contributed by atoms with E-state index in [-0.39, 0.29) is 6.04 Å². The zero-order valence-electron chi connectivity index (χ0n) is 13.5. The Kier molecular flexibility index (Phi) is 5.15. The van der Waals surface area contributed by atoms with Crippen molar-refractivity contribution in [2.24, 2.45) is 5.73 Å². The number of likely N-dealkylation sites (N-methyl/N-ethyl adjacent to an activating group) is 1. The van der Waals surface area contributed by atoms with E-state index in [4.69, 9.17) is 5.73 Å². The summed E-state index contributed by atoms with van der Waals surface area (Å²) in [4.78, 5) is 2.28. The predicted molar refractivity (Wildman–Crippen MR) is 87.1 cm³/mol. The van der Waals surface area contributed by atoms with Crippen LogP contribution >= 0.6 is 0 Å². The third kappa shape index (κ3) is 3.93. The molecule has 1 aromatic carbocycles. The van der Waals surface area contributed by atoms with Gasteiger partial charge in [0.2, 0.25) is 0 Å². The van der Waals surface area contributed by atoms with Gasteiger partial charge in [0.25, 0.3) is 0 Å². The normalized spacial score (nSPS) is 13.1. The molecular weight excluding hydrogens is 260 g/mol. The Hall–Kier alpha value is -1.65. The van der Waals surface area contributed by atoms with Crippen molar-refractivity contribution in [1.82, 2.24) is 14.7 Å². The smallest absolute Gasteiger partial charge is 0.0538 e. The summed E-state index contributed by atoms with van der Waals surface area (Å²) in [7, 11) is 2.12. The first kappa shape index (κ1) is 15.7. The highest BCUT2D eigenvalue weighted by Gasteiger charge is 2.18. The Bertz CT molecular complexity index is 556. The van der Waals surface area contributed by atoms with Crippen LogP contribution in [0.25, 0.3) is 0 Å². The summed E-state index contributed by atoms with van der Waals surface area (Å²) in [5.41, 5.74) is 9.76. The number of hydrogen-bond acceptors (Lipinski definition) is 3. The predicted octanol–water partition coefficient (Wildman–Crippen LogP) is 2.90. The molecule has 21 heavy (non-hydrogen) atoms. The summed E-state index contributed by atoms with van der Waals surface area (Å²) in [6.45, 7) is 7.84. The van der Waals surface area contributed by atoms with Gasteiger partial charge in [0.1, 0.15) is 0 Å². The zero-order chi connectivity index (χ0) is 15.4. The number of nitrogens with zero attached hydrogens (tertiary/aromatic N) is 3. The fourth-order valence-electron chi connectivity index (χ4n) is 2.47. The summed E-state index contributed by atoms with van der Waals surface area (Å²) in [6, 6.07) is 9.22. The van der Waals surface area contributed by atoms with Crippen molar-refractivity contribution in [3.63, 3.8) is 0 Å². The maximum Gasteiger partial charge on any atom is 0.0538 e. The molecule has 0 aliphatic carbocycles. The molecule has 0 amide bonds. The minimum Gasteiger partial charge on any atom is -0.329 e. The van der Waals surface area contributed by atoms with Gasteiger partial charge < -0.3 is 5.73 Å². The Labute approximate surface area is 127 Å². The van der Waals surface area contributed by atoms with Crippen molar-refractivity contribution in [1.29, 1.82) is 0 Å². The number of nitrogens with two attached hydrogens (primary N) is 1. The molecule has 2 aromatic rings. The van der Waals surface area contributed by atoms with Crippen LogP contribution in [-0.4, -0.2) is 28.3 Å². The third-order valence-corrected chi connectivity index (χ3v) is 3.84. The second kappa shape index (κ2) is 6.87. The van der Waals surface area contributed by atoms with E-state index in [0.29, 0.717) is 12.6 Å². The number of aryl methyl sites for hydroxylation is 1. The van der Waals surface area contributed by atoms with Crippen molar-refractivity contribution in [3.8, 4) is 0 Å². The Morgan fingerprint density at radius 2 is 1.90 bits per heavy atom. The molecular formula is C17H26N4. The maximum absolute atomic E-state index is 5.99. The molecule has 4 heteroatoms. The summed E-state index contributed by atoms with van der Waals surface area (Å²) in [5.74, 6) is 0. The van der Waals surface area contributed by atoms with Gasteiger partial charge in [-0.15, -0.1) is 0 Å². The molecule has 0 radical (unpaired) electrons. The molecule has 0 spiro atoms.